The van der Waals surface area contributed by atoms with E-state index in [-0.39, 0.29) is 5.92 Å². The highest BCUT2D eigenvalue weighted by molar-refractivity contribution is 6.23. The predicted molar refractivity (Wildman–Crippen MR) is 225 cm³/mol. The number of hydrogen-bond acceptors (Lipinski definition) is 2. The molecule has 0 saturated heterocycles. The molecule has 2 nitrogen and oxygen atoms in total. The molecule has 0 amide bonds. The van der Waals surface area contributed by atoms with Crippen molar-refractivity contribution < 1.29 is 9.15 Å². The van der Waals surface area contributed by atoms with Gasteiger partial charge in [0.05, 0.1) is 5.39 Å². The second kappa shape index (κ2) is 11.3. The molecule has 0 radical (unpaired) electrons. The van der Waals surface area contributed by atoms with E-state index >= 15 is 0 Å². The first-order valence-electron chi connectivity index (χ1n) is 18.8. The number of allylic oxidation sites excluding steroid dienone is 4. The SMILES string of the molecule is C1=C(c2cccc(-c3c4ccccc4c(-c4cccc5ccccc45)c4ccccc34)c2)C=C2Oc3c(ccc4ccc5c6ccccc6oc5c34)C2C1. The first-order valence-corrected chi connectivity index (χ1v) is 18.8. The second-order valence-corrected chi connectivity index (χ2v) is 14.7. The number of furan rings is 1. The van der Waals surface area contributed by atoms with Gasteiger partial charge in [-0.05, 0) is 102 Å². The lowest BCUT2D eigenvalue weighted by atomic mass is 9.83. The third-order valence-electron chi connectivity index (χ3n) is 11.8. The van der Waals surface area contributed by atoms with Crippen LogP contribution in [0, 0.1) is 0 Å². The number of para-hydroxylation sites is 1. The zero-order valence-corrected chi connectivity index (χ0v) is 29.3. The highest BCUT2D eigenvalue weighted by Crippen LogP contribution is 2.52. The molecule has 0 spiro atoms. The van der Waals surface area contributed by atoms with Crippen molar-refractivity contribution in [1.82, 2.24) is 0 Å². The van der Waals surface area contributed by atoms with Crippen LogP contribution in [0.5, 0.6) is 5.75 Å². The summed E-state index contributed by atoms with van der Waals surface area (Å²) in [7, 11) is 0. The maximum absolute atomic E-state index is 6.86. The summed E-state index contributed by atoms with van der Waals surface area (Å²) in [6.45, 7) is 0. The van der Waals surface area contributed by atoms with E-state index in [1.54, 1.807) is 0 Å². The average Bonchev–Trinajstić information content (AvgIpc) is 3.81. The molecular formula is C52H32O2. The van der Waals surface area contributed by atoms with E-state index in [4.69, 9.17) is 9.15 Å². The monoisotopic (exact) mass is 688 g/mol. The molecule has 10 aromatic rings. The quantitative estimate of drug-likeness (QED) is 0.172. The van der Waals surface area contributed by atoms with Gasteiger partial charge in [-0.25, -0.2) is 0 Å². The van der Waals surface area contributed by atoms with Gasteiger partial charge >= 0.3 is 0 Å². The minimum absolute atomic E-state index is 0.186. The van der Waals surface area contributed by atoms with Crippen LogP contribution in [0.2, 0.25) is 0 Å². The number of benzene rings is 9. The van der Waals surface area contributed by atoms with Crippen molar-refractivity contribution in [3.8, 4) is 28.0 Å². The molecule has 0 fully saturated rings. The molecule has 1 atom stereocenters. The summed E-state index contributed by atoms with van der Waals surface area (Å²) in [6.07, 6.45) is 5.53. The second-order valence-electron chi connectivity index (χ2n) is 14.7. The first-order chi connectivity index (χ1) is 26.8. The summed E-state index contributed by atoms with van der Waals surface area (Å²) in [4.78, 5) is 0. The van der Waals surface area contributed by atoms with Crippen LogP contribution < -0.4 is 4.74 Å². The summed E-state index contributed by atoms with van der Waals surface area (Å²) in [5.41, 5.74) is 10.4. The fourth-order valence-electron chi connectivity index (χ4n) is 9.36. The molecule has 12 rings (SSSR count). The summed E-state index contributed by atoms with van der Waals surface area (Å²) >= 11 is 0. The number of ether oxygens (including phenoxy) is 1. The lowest BCUT2D eigenvalue weighted by molar-refractivity contribution is 0.429. The van der Waals surface area contributed by atoms with Gasteiger partial charge in [0.2, 0.25) is 0 Å². The Morgan fingerprint density at radius 2 is 1.13 bits per heavy atom. The lowest BCUT2D eigenvalue weighted by Gasteiger charge is -2.20. The van der Waals surface area contributed by atoms with E-state index in [0.717, 1.165) is 50.6 Å². The van der Waals surface area contributed by atoms with Crippen LogP contribution in [0.3, 0.4) is 0 Å². The van der Waals surface area contributed by atoms with E-state index < -0.39 is 0 Å². The molecule has 9 aromatic carbocycles. The van der Waals surface area contributed by atoms with Gasteiger partial charge in [0.15, 0.2) is 0 Å². The minimum atomic E-state index is 0.186. The minimum Gasteiger partial charge on any atom is -0.460 e. The third-order valence-corrected chi connectivity index (χ3v) is 11.8. The Morgan fingerprint density at radius 1 is 0.481 bits per heavy atom. The van der Waals surface area contributed by atoms with E-state index in [1.807, 2.05) is 12.1 Å². The topological polar surface area (TPSA) is 22.4 Å². The fraction of sp³-hybridized carbons (Fsp3) is 0.0385. The molecule has 1 aliphatic heterocycles. The van der Waals surface area contributed by atoms with Crippen molar-refractivity contribution in [3.05, 3.63) is 193 Å². The van der Waals surface area contributed by atoms with Gasteiger partial charge in [-0.2, -0.15) is 0 Å². The Kier molecular flexibility index (Phi) is 6.20. The Hall–Kier alpha value is -6.90. The molecule has 54 heavy (non-hydrogen) atoms. The van der Waals surface area contributed by atoms with Crippen LogP contribution in [-0.4, -0.2) is 0 Å². The van der Waals surface area contributed by atoms with Crippen LogP contribution in [0.25, 0.3) is 92.9 Å². The first kappa shape index (κ1) is 29.7. The largest absolute Gasteiger partial charge is 0.460 e. The van der Waals surface area contributed by atoms with Crippen molar-refractivity contribution in [1.29, 1.82) is 0 Å². The molecule has 2 aliphatic rings. The Balaban J connectivity index is 0.988. The van der Waals surface area contributed by atoms with Gasteiger partial charge in [0, 0.05) is 22.3 Å². The molecule has 0 bridgehead atoms. The zero-order chi connectivity index (χ0) is 35.3. The predicted octanol–water partition coefficient (Wildman–Crippen LogP) is 14.4. The molecule has 2 heterocycles. The van der Waals surface area contributed by atoms with Crippen molar-refractivity contribution in [2.24, 2.45) is 0 Å². The van der Waals surface area contributed by atoms with Crippen molar-refractivity contribution in [2.45, 2.75) is 12.3 Å². The van der Waals surface area contributed by atoms with Gasteiger partial charge in [0.25, 0.3) is 0 Å². The molecule has 1 aromatic heterocycles. The molecule has 252 valence electrons. The Bertz CT molecular complexity index is 3220. The number of rotatable bonds is 3. The normalized spacial score (nSPS) is 15.1. The van der Waals surface area contributed by atoms with Crippen molar-refractivity contribution in [3.63, 3.8) is 0 Å². The van der Waals surface area contributed by atoms with E-state index in [9.17, 15) is 0 Å². The Morgan fingerprint density at radius 3 is 1.94 bits per heavy atom. The molecule has 1 aliphatic carbocycles. The van der Waals surface area contributed by atoms with Gasteiger partial charge in [-0.3, -0.25) is 0 Å². The van der Waals surface area contributed by atoms with Gasteiger partial charge < -0.3 is 9.15 Å². The Labute approximate surface area is 311 Å². The average molecular weight is 689 g/mol. The summed E-state index contributed by atoms with van der Waals surface area (Å²) in [5.74, 6) is 2.12. The summed E-state index contributed by atoms with van der Waals surface area (Å²) in [6, 6.07) is 59.4. The third kappa shape index (κ3) is 4.22. The van der Waals surface area contributed by atoms with Crippen LogP contribution in [0.1, 0.15) is 23.5 Å². The van der Waals surface area contributed by atoms with Crippen molar-refractivity contribution >= 4 is 70.6 Å². The summed E-state index contributed by atoms with van der Waals surface area (Å²) < 4.78 is 13.3. The van der Waals surface area contributed by atoms with E-state index in [0.29, 0.717) is 0 Å². The van der Waals surface area contributed by atoms with Gasteiger partial charge in [-0.15, -0.1) is 0 Å². The fourth-order valence-corrected chi connectivity index (χ4v) is 9.36. The maximum Gasteiger partial charge on any atom is 0.147 e. The van der Waals surface area contributed by atoms with Gasteiger partial charge in [-0.1, -0.05) is 152 Å². The molecular weight excluding hydrogens is 657 g/mol. The van der Waals surface area contributed by atoms with Crippen LogP contribution in [-0.2, 0) is 0 Å². The van der Waals surface area contributed by atoms with E-state index in [1.165, 1.54) is 71.3 Å². The van der Waals surface area contributed by atoms with Crippen LogP contribution in [0.4, 0.5) is 0 Å². The molecule has 1 unspecified atom stereocenters. The molecule has 0 N–H and O–H groups in total. The van der Waals surface area contributed by atoms with E-state index in [2.05, 4.69) is 164 Å². The smallest absolute Gasteiger partial charge is 0.147 e. The maximum atomic E-state index is 6.86. The van der Waals surface area contributed by atoms with Crippen LogP contribution >= 0.6 is 0 Å². The lowest BCUT2D eigenvalue weighted by Crippen LogP contribution is -2.03. The molecule has 2 heteroatoms. The van der Waals surface area contributed by atoms with Crippen LogP contribution in [0.15, 0.2) is 186 Å². The molecule has 0 saturated carbocycles. The number of hydrogen-bond donors (Lipinski definition) is 0. The highest BCUT2D eigenvalue weighted by atomic mass is 16.5. The number of fused-ring (bicyclic) bond motifs is 12. The standard InChI is InChI=1S/C52H32O2/c1-2-15-36-31(11-1)12-10-21-39(36)50-42-19-5-3-17-40(42)48(41-18-4-6-20-43(41)50)35-14-9-13-33(29-35)34-25-26-38-45-28-24-32-23-27-44-37-16-7-8-22-46(37)53-51(44)49(32)52(45)54-47(38)30-34/h1-25,27-30,38H,26H2. The van der Waals surface area contributed by atoms with Crippen molar-refractivity contribution in [2.75, 3.05) is 0 Å². The van der Waals surface area contributed by atoms with Gasteiger partial charge in [0.1, 0.15) is 22.7 Å². The summed E-state index contributed by atoms with van der Waals surface area (Å²) in [5, 5.41) is 12.0. The highest BCUT2D eigenvalue weighted by Gasteiger charge is 2.34. The zero-order valence-electron chi connectivity index (χ0n) is 29.3.